The molecule has 1 atom stereocenters. The molecule has 0 amide bonds. The van der Waals surface area contributed by atoms with Crippen LogP contribution in [0, 0.1) is 0 Å². The Morgan fingerprint density at radius 1 is 1.10 bits per heavy atom. The van der Waals surface area contributed by atoms with Crippen LogP contribution in [0.3, 0.4) is 0 Å². The molecule has 1 aromatic heterocycles. The van der Waals surface area contributed by atoms with Gasteiger partial charge in [0.1, 0.15) is 5.75 Å². The molecule has 0 bridgehead atoms. The third-order valence-corrected chi connectivity index (χ3v) is 3.63. The largest absolute Gasteiger partial charge is 0.439 e. The average Bonchev–Trinajstić information content (AvgIpc) is 2.46. The summed E-state index contributed by atoms with van der Waals surface area (Å²) in [6.45, 7) is 8.71. The zero-order chi connectivity index (χ0) is 15.5. The Hall–Kier alpha value is -1.87. The van der Waals surface area contributed by atoms with E-state index in [1.807, 2.05) is 31.3 Å². The van der Waals surface area contributed by atoms with Gasteiger partial charge in [-0.2, -0.15) is 0 Å². The van der Waals surface area contributed by atoms with Crippen molar-refractivity contribution in [3.05, 3.63) is 53.7 Å². The minimum atomic E-state index is 0.152. The van der Waals surface area contributed by atoms with Gasteiger partial charge < -0.3 is 10.1 Å². The molecule has 0 aliphatic rings. The Labute approximate surface area is 127 Å². The van der Waals surface area contributed by atoms with Crippen LogP contribution in [0.2, 0.25) is 0 Å². The van der Waals surface area contributed by atoms with Gasteiger partial charge in [-0.1, -0.05) is 32.9 Å². The van der Waals surface area contributed by atoms with Crippen LogP contribution in [0.5, 0.6) is 11.6 Å². The molecule has 1 heterocycles. The van der Waals surface area contributed by atoms with Crippen LogP contribution in [-0.4, -0.2) is 12.0 Å². The summed E-state index contributed by atoms with van der Waals surface area (Å²) in [5.41, 5.74) is 2.60. The van der Waals surface area contributed by atoms with Crippen molar-refractivity contribution in [1.82, 2.24) is 10.3 Å². The zero-order valence-corrected chi connectivity index (χ0v) is 13.5. The Morgan fingerprint density at radius 2 is 1.76 bits per heavy atom. The molecule has 0 aliphatic carbocycles. The third kappa shape index (κ3) is 4.05. The molecule has 2 aromatic rings. The van der Waals surface area contributed by atoms with E-state index < -0.39 is 0 Å². The number of aromatic nitrogens is 1. The molecule has 0 fully saturated rings. The maximum Gasteiger partial charge on any atom is 0.219 e. The van der Waals surface area contributed by atoms with Gasteiger partial charge in [0, 0.05) is 18.3 Å². The van der Waals surface area contributed by atoms with Gasteiger partial charge in [-0.3, -0.25) is 0 Å². The van der Waals surface area contributed by atoms with Crippen LogP contribution in [0.4, 0.5) is 0 Å². The lowest BCUT2D eigenvalue weighted by molar-refractivity contribution is 0.460. The molecule has 1 unspecified atom stereocenters. The van der Waals surface area contributed by atoms with E-state index in [4.69, 9.17) is 4.74 Å². The van der Waals surface area contributed by atoms with Gasteiger partial charge in [-0.25, -0.2) is 4.98 Å². The lowest BCUT2D eigenvalue weighted by Crippen LogP contribution is -2.12. The Balaban J connectivity index is 2.15. The number of nitrogens with one attached hydrogen (secondary N) is 1. The number of benzene rings is 1. The molecular formula is C18H24N2O. The normalized spacial score (nSPS) is 13.0. The van der Waals surface area contributed by atoms with Gasteiger partial charge in [0.2, 0.25) is 5.88 Å². The molecule has 0 radical (unpaired) electrons. The zero-order valence-electron chi connectivity index (χ0n) is 13.5. The molecule has 2 rings (SSSR count). The van der Waals surface area contributed by atoms with Gasteiger partial charge in [0.05, 0.1) is 0 Å². The predicted octanol–water partition coefficient (Wildman–Crippen LogP) is 4.45. The SMILES string of the molecule is CNC(C)c1ccnc(Oc2ccc(C(C)(C)C)cc2)c1. The summed E-state index contributed by atoms with van der Waals surface area (Å²) in [5, 5.41) is 3.21. The molecule has 0 saturated heterocycles. The van der Waals surface area contributed by atoms with Crippen molar-refractivity contribution in [3.8, 4) is 11.6 Å². The molecule has 0 aliphatic heterocycles. The van der Waals surface area contributed by atoms with Crippen LogP contribution in [-0.2, 0) is 5.41 Å². The number of pyridine rings is 1. The van der Waals surface area contributed by atoms with Crippen molar-refractivity contribution in [2.45, 2.75) is 39.2 Å². The average molecular weight is 284 g/mol. The van der Waals surface area contributed by atoms with Gasteiger partial charge >= 0.3 is 0 Å². The summed E-state index contributed by atoms with van der Waals surface area (Å²) in [4.78, 5) is 4.27. The lowest BCUT2D eigenvalue weighted by Gasteiger charge is -2.19. The lowest BCUT2D eigenvalue weighted by atomic mass is 9.87. The molecule has 112 valence electrons. The van der Waals surface area contributed by atoms with E-state index in [2.05, 4.69) is 50.1 Å². The highest BCUT2D eigenvalue weighted by Gasteiger charge is 2.13. The van der Waals surface area contributed by atoms with Gasteiger partial charge in [-0.05, 0) is 48.7 Å². The second-order valence-electron chi connectivity index (χ2n) is 6.31. The van der Waals surface area contributed by atoms with Crippen molar-refractivity contribution >= 4 is 0 Å². The molecule has 3 heteroatoms. The topological polar surface area (TPSA) is 34.2 Å². The smallest absolute Gasteiger partial charge is 0.219 e. The fraction of sp³-hybridized carbons (Fsp3) is 0.389. The minimum Gasteiger partial charge on any atom is -0.439 e. The Morgan fingerprint density at radius 3 is 2.33 bits per heavy atom. The summed E-state index contributed by atoms with van der Waals surface area (Å²) in [6, 6.07) is 12.5. The van der Waals surface area contributed by atoms with Gasteiger partial charge in [-0.15, -0.1) is 0 Å². The summed E-state index contributed by atoms with van der Waals surface area (Å²) in [6.07, 6.45) is 1.78. The second-order valence-corrected chi connectivity index (χ2v) is 6.31. The summed E-state index contributed by atoms with van der Waals surface area (Å²) < 4.78 is 5.84. The van der Waals surface area contributed by atoms with Crippen LogP contribution in [0.1, 0.15) is 44.9 Å². The first-order valence-electron chi connectivity index (χ1n) is 7.32. The minimum absolute atomic E-state index is 0.152. The van der Waals surface area contributed by atoms with Crippen molar-refractivity contribution in [3.63, 3.8) is 0 Å². The number of hydrogen-bond donors (Lipinski definition) is 1. The quantitative estimate of drug-likeness (QED) is 0.900. The van der Waals surface area contributed by atoms with E-state index in [0.717, 1.165) is 11.3 Å². The van der Waals surface area contributed by atoms with Crippen LogP contribution >= 0.6 is 0 Å². The first-order chi connectivity index (χ1) is 9.90. The van der Waals surface area contributed by atoms with Crippen molar-refractivity contribution in [2.24, 2.45) is 0 Å². The van der Waals surface area contributed by atoms with E-state index >= 15 is 0 Å². The fourth-order valence-electron chi connectivity index (χ4n) is 2.06. The van der Waals surface area contributed by atoms with Crippen LogP contribution < -0.4 is 10.1 Å². The standard InChI is InChI=1S/C18H24N2O/c1-13(19-5)14-10-11-20-17(12-14)21-16-8-6-15(7-9-16)18(2,3)4/h6-13,19H,1-5H3. The number of ether oxygens (including phenoxy) is 1. The van der Waals surface area contributed by atoms with Crippen LogP contribution in [0.25, 0.3) is 0 Å². The molecule has 3 nitrogen and oxygen atoms in total. The molecule has 1 aromatic carbocycles. The van der Waals surface area contributed by atoms with Crippen molar-refractivity contribution < 1.29 is 4.74 Å². The maximum atomic E-state index is 5.84. The van der Waals surface area contributed by atoms with Gasteiger partial charge in [0.25, 0.3) is 0 Å². The molecule has 1 N–H and O–H groups in total. The molecular weight excluding hydrogens is 260 g/mol. The van der Waals surface area contributed by atoms with Crippen LogP contribution in [0.15, 0.2) is 42.6 Å². The molecule has 21 heavy (non-hydrogen) atoms. The Kier molecular flexibility index (Phi) is 4.63. The third-order valence-electron chi connectivity index (χ3n) is 3.63. The highest BCUT2D eigenvalue weighted by atomic mass is 16.5. The van der Waals surface area contributed by atoms with E-state index in [-0.39, 0.29) is 11.5 Å². The summed E-state index contributed by atoms with van der Waals surface area (Å²) >= 11 is 0. The monoisotopic (exact) mass is 284 g/mol. The molecule has 0 spiro atoms. The number of nitrogens with zero attached hydrogens (tertiary/aromatic N) is 1. The fourth-order valence-corrected chi connectivity index (χ4v) is 2.06. The van der Waals surface area contributed by atoms with Gasteiger partial charge in [0.15, 0.2) is 0 Å². The first kappa shape index (κ1) is 15.5. The summed E-state index contributed by atoms with van der Waals surface area (Å²) in [5.74, 6) is 1.43. The Bertz CT molecular complexity index is 585. The second kappa shape index (κ2) is 6.27. The number of hydrogen-bond acceptors (Lipinski definition) is 3. The predicted molar refractivity (Wildman–Crippen MR) is 86.9 cm³/mol. The van der Waals surface area contributed by atoms with E-state index in [1.165, 1.54) is 5.56 Å². The first-order valence-corrected chi connectivity index (χ1v) is 7.32. The summed E-state index contributed by atoms with van der Waals surface area (Å²) in [7, 11) is 1.94. The highest BCUT2D eigenvalue weighted by molar-refractivity contribution is 5.34. The highest BCUT2D eigenvalue weighted by Crippen LogP contribution is 2.27. The van der Waals surface area contributed by atoms with Crippen molar-refractivity contribution in [1.29, 1.82) is 0 Å². The molecule has 0 saturated carbocycles. The van der Waals surface area contributed by atoms with E-state index in [9.17, 15) is 0 Å². The van der Waals surface area contributed by atoms with E-state index in [0.29, 0.717) is 5.88 Å². The van der Waals surface area contributed by atoms with E-state index in [1.54, 1.807) is 6.20 Å². The number of rotatable bonds is 4. The van der Waals surface area contributed by atoms with Crippen molar-refractivity contribution in [2.75, 3.05) is 7.05 Å². The maximum absolute atomic E-state index is 5.84.